The molecule has 0 unspecified atom stereocenters. The highest BCUT2D eigenvalue weighted by molar-refractivity contribution is 5.93. The van der Waals surface area contributed by atoms with Crippen molar-refractivity contribution < 1.29 is 9.47 Å². The van der Waals surface area contributed by atoms with Crippen molar-refractivity contribution in [2.24, 2.45) is 5.92 Å². The molecule has 1 aliphatic carbocycles. The lowest BCUT2D eigenvalue weighted by Gasteiger charge is -2.29. The molecule has 1 N–H and O–H groups in total. The van der Waals surface area contributed by atoms with E-state index in [-0.39, 0.29) is 6.10 Å². The number of hydrogen-bond acceptors (Lipinski definition) is 8. The number of ether oxygens (including phenoxy) is 2. The van der Waals surface area contributed by atoms with Gasteiger partial charge in [-0.25, -0.2) is 9.97 Å². The lowest BCUT2D eigenvalue weighted by Crippen LogP contribution is -2.26. The summed E-state index contributed by atoms with van der Waals surface area (Å²) in [4.78, 5) is 13.3. The number of rotatable bonds is 7. The number of aromatic nitrogens is 7. The molecule has 10 nitrogen and oxygen atoms in total. The molecule has 0 amide bonds. The van der Waals surface area contributed by atoms with Gasteiger partial charge in [-0.05, 0) is 51.4 Å². The van der Waals surface area contributed by atoms with Crippen molar-refractivity contribution in [3.63, 3.8) is 0 Å². The third kappa shape index (κ3) is 5.02. The molecule has 194 valence electrons. The standard InChI is InChI=1S/C27H34N8O2/c1-18-27(30-10-9-29-18)37-22-5-3-21(4-6-22)35-24-13-25(28-2)31-15-23(24)26(33-35)20-14-32-34(17-20)16-19-7-11-36-12-8-19/h9-10,13-15,17,19,21-22H,3-8,11-12,16H2,1-2H3,(H,28,31). The van der Waals surface area contributed by atoms with Crippen LogP contribution in [0.4, 0.5) is 5.82 Å². The molecule has 0 spiro atoms. The molecule has 4 aromatic heterocycles. The Bertz CT molecular complexity index is 1350. The Kier molecular flexibility index (Phi) is 6.73. The zero-order valence-electron chi connectivity index (χ0n) is 21.5. The first-order valence-corrected chi connectivity index (χ1v) is 13.3. The summed E-state index contributed by atoms with van der Waals surface area (Å²) in [6.45, 7) is 4.54. The van der Waals surface area contributed by atoms with E-state index in [1.54, 1.807) is 12.4 Å². The molecular weight excluding hydrogens is 468 g/mol. The Hall–Kier alpha value is -3.53. The van der Waals surface area contributed by atoms with Crippen LogP contribution in [0.5, 0.6) is 5.88 Å². The fraction of sp³-hybridized carbons (Fsp3) is 0.519. The van der Waals surface area contributed by atoms with Crippen molar-refractivity contribution in [1.29, 1.82) is 0 Å². The summed E-state index contributed by atoms with van der Waals surface area (Å²) in [5.74, 6) is 2.09. The van der Waals surface area contributed by atoms with Gasteiger partial charge < -0.3 is 14.8 Å². The van der Waals surface area contributed by atoms with Gasteiger partial charge >= 0.3 is 0 Å². The Morgan fingerprint density at radius 3 is 2.62 bits per heavy atom. The Balaban J connectivity index is 1.23. The number of hydrogen-bond donors (Lipinski definition) is 1. The molecule has 0 radical (unpaired) electrons. The number of aryl methyl sites for hydroxylation is 1. The molecule has 1 saturated carbocycles. The molecule has 0 aromatic carbocycles. The highest BCUT2D eigenvalue weighted by Crippen LogP contribution is 2.36. The van der Waals surface area contributed by atoms with Crippen LogP contribution in [0.1, 0.15) is 50.3 Å². The van der Waals surface area contributed by atoms with Gasteiger partial charge in [0.25, 0.3) is 0 Å². The summed E-state index contributed by atoms with van der Waals surface area (Å²) in [6.07, 6.45) is 15.6. The molecule has 0 bridgehead atoms. The van der Waals surface area contributed by atoms with E-state index < -0.39 is 0 Å². The summed E-state index contributed by atoms with van der Waals surface area (Å²) in [5.41, 5.74) is 3.90. The molecule has 2 aliphatic rings. The van der Waals surface area contributed by atoms with Crippen molar-refractivity contribution >= 4 is 16.7 Å². The highest BCUT2D eigenvalue weighted by Gasteiger charge is 2.28. The second-order valence-corrected chi connectivity index (χ2v) is 10.1. The highest BCUT2D eigenvalue weighted by atomic mass is 16.5. The van der Waals surface area contributed by atoms with Crippen LogP contribution in [0.2, 0.25) is 0 Å². The second kappa shape index (κ2) is 10.5. The number of fused-ring (bicyclic) bond motifs is 1. The van der Waals surface area contributed by atoms with E-state index in [0.29, 0.717) is 17.8 Å². The van der Waals surface area contributed by atoms with Crippen LogP contribution in [0, 0.1) is 12.8 Å². The molecule has 6 rings (SSSR count). The van der Waals surface area contributed by atoms with Gasteiger partial charge in [-0.2, -0.15) is 10.2 Å². The van der Waals surface area contributed by atoms with Crippen molar-refractivity contribution in [2.75, 3.05) is 25.6 Å². The predicted molar refractivity (Wildman–Crippen MR) is 141 cm³/mol. The molecule has 5 heterocycles. The maximum absolute atomic E-state index is 6.19. The summed E-state index contributed by atoms with van der Waals surface area (Å²) >= 11 is 0. The van der Waals surface area contributed by atoms with Gasteiger partial charge in [0.05, 0.1) is 23.4 Å². The average Bonchev–Trinajstić information content (AvgIpc) is 3.55. The van der Waals surface area contributed by atoms with Crippen LogP contribution >= 0.6 is 0 Å². The fourth-order valence-corrected chi connectivity index (χ4v) is 5.52. The minimum atomic E-state index is 0.144. The van der Waals surface area contributed by atoms with E-state index in [1.165, 1.54) is 0 Å². The third-order valence-electron chi connectivity index (χ3n) is 7.64. The van der Waals surface area contributed by atoms with Crippen LogP contribution in [0.3, 0.4) is 0 Å². The van der Waals surface area contributed by atoms with Gasteiger partial charge in [0.1, 0.15) is 17.6 Å². The topological polar surface area (TPSA) is 105 Å². The summed E-state index contributed by atoms with van der Waals surface area (Å²) in [5, 5.41) is 14.1. The van der Waals surface area contributed by atoms with E-state index in [4.69, 9.17) is 14.6 Å². The lowest BCUT2D eigenvalue weighted by atomic mass is 9.93. The molecule has 37 heavy (non-hydrogen) atoms. The van der Waals surface area contributed by atoms with Crippen LogP contribution in [-0.2, 0) is 11.3 Å². The first-order valence-electron chi connectivity index (χ1n) is 13.3. The number of nitrogens with one attached hydrogen (secondary N) is 1. The van der Waals surface area contributed by atoms with E-state index >= 15 is 0 Å². The Labute approximate surface area is 216 Å². The largest absolute Gasteiger partial charge is 0.473 e. The zero-order valence-corrected chi connectivity index (χ0v) is 21.5. The lowest BCUT2D eigenvalue weighted by molar-refractivity contribution is 0.0601. The summed E-state index contributed by atoms with van der Waals surface area (Å²) in [7, 11) is 1.90. The van der Waals surface area contributed by atoms with Gasteiger partial charge in [0, 0.05) is 68.6 Å². The van der Waals surface area contributed by atoms with E-state index in [9.17, 15) is 0 Å². The van der Waals surface area contributed by atoms with Crippen LogP contribution < -0.4 is 10.1 Å². The Morgan fingerprint density at radius 2 is 1.84 bits per heavy atom. The Morgan fingerprint density at radius 1 is 1.03 bits per heavy atom. The average molecular weight is 503 g/mol. The van der Waals surface area contributed by atoms with E-state index in [1.807, 2.05) is 26.4 Å². The van der Waals surface area contributed by atoms with Crippen LogP contribution in [0.25, 0.3) is 22.2 Å². The van der Waals surface area contributed by atoms with Crippen molar-refractivity contribution in [3.8, 4) is 17.1 Å². The van der Waals surface area contributed by atoms with E-state index in [2.05, 4.69) is 47.0 Å². The molecule has 4 aromatic rings. The van der Waals surface area contributed by atoms with Gasteiger partial charge in [-0.3, -0.25) is 14.3 Å². The molecule has 1 saturated heterocycles. The minimum Gasteiger partial charge on any atom is -0.473 e. The summed E-state index contributed by atoms with van der Waals surface area (Å²) < 4.78 is 16.0. The third-order valence-corrected chi connectivity index (χ3v) is 7.64. The van der Waals surface area contributed by atoms with Gasteiger partial charge in [-0.1, -0.05) is 0 Å². The molecule has 10 heteroatoms. The molecule has 1 aliphatic heterocycles. The van der Waals surface area contributed by atoms with Gasteiger partial charge in [-0.15, -0.1) is 0 Å². The van der Waals surface area contributed by atoms with Crippen LogP contribution in [0.15, 0.2) is 37.1 Å². The molecular formula is C27H34N8O2. The quantitative estimate of drug-likeness (QED) is 0.396. The number of pyridine rings is 1. The zero-order chi connectivity index (χ0) is 25.2. The maximum Gasteiger partial charge on any atom is 0.235 e. The predicted octanol–water partition coefficient (Wildman–Crippen LogP) is 4.42. The summed E-state index contributed by atoms with van der Waals surface area (Å²) in [6, 6.07) is 2.40. The van der Waals surface area contributed by atoms with Crippen LogP contribution in [-0.4, -0.2) is 60.9 Å². The van der Waals surface area contributed by atoms with E-state index in [0.717, 1.165) is 92.0 Å². The van der Waals surface area contributed by atoms with Gasteiger partial charge in [0.15, 0.2) is 0 Å². The molecule has 0 atom stereocenters. The van der Waals surface area contributed by atoms with Gasteiger partial charge in [0.2, 0.25) is 5.88 Å². The van der Waals surface area contributed by atoms with Crippen molar-refractivity contribution in [3.05, 3.63) is 42.7 Å². The van der Waals surface area contributed by atoms with Crippen molar-refractivity contribution in [2.45, 2.75) is 64.1 Å². The first kappa shape index (κ1) is 23.8. The number of nitrogens with zero attached hydrogens (tertiary/aromatic N) is 7. The smallest absolute Gasteiger partial charge is 0.235 e. The normalized spacial score (nSPS) is 20.8. The SMILES string of the molecule is CNc1cc2c(cn1)c(-c1cnn(CC3CCOCC3)c1)nn2C1CCC(Oc2nccnc2C)CC1. The minimum absolute atomic E-state index is 0.144. The number of anilines is 1. The van der Waals surface area contributed by atoms with Crippen molar-refractivity contribution in [1.82, 2.24) is 34.5 Å². The monoisotopic (exact) mass is 502 g/mol. The first-order chi connectivity index (χ1) is 18.2. The molecule has 2 fully saturated rings. The second-order valence-electron chi connectivity index (χ2n) is 10.1. The fourth-order valence-electron chi connectivity index (χ4n) is 5.52. The maximum atomic E-state index is 6.19.